The Hall–Kier alpha value is -3.76. The van der Waals surface area contributed by atoms with E-state index in [1.807, 2.05) is 0 Å². The Labute approximate surface area is 184 Å². The Morgan fingerprint density at radius 2 is 1.62 bits per heavy atom. The van der Waals surface area contributed by atoms with Crippen LogP contribution >= 0.6 is 0 Å². The first kappa shape index (κ1) is 22.9. The molecule has 32 heavy (non-hydrogen) atoms. The van der Waals surface area contributed by atoms with E-state index >= 15 is 0 Å². The van der Waals surface area contributed by atoms with Gasteiger partial charge in [0.05, 0.1) is 23.1 Å². The molecule has 10 heteroatoms. The second kappa shape index (κ2) is 9.58. The number of carbonyl (C=O) groups excluding carboxylic acids is 2. The largest absolute Gasteiger partial charge is 0.496 e. The molecule has 0 spiro atoms. The Morgan fingerprint density at radius 3 is 2.28 bits per heavy atom. The molecule has 166 valence electrons. The van der Waals surface area contributed by atoms with Crippen LogP contribution in [0.15, 0.2) is 71.6 Å². The van der Waals surface area contributed by atoms with E-state index in [9.17, 15) is 22.4 Å². The van der Waals surface area contributed by atoms with Gasteiger partial charge in [-0.3, -0.25) is 4.79 Å². The van der Waals surface area contributed by atoms with Crippen LogP contribution in [0, 0.1) is 5.82 Å². The van der Waals surface area contributed by atoms with Gasteiger partial charge in [0.25, 0.3) is 5.91 Å². The summed E-state index contributed by atoms with van der Waals surface area (Å²) in [5, 5.41) is 2.69. The maximum absolute atomic E-state index is 14.1. The first-order chi connectivity index (χ1) is 15.2. The summed E-state index contributed by atoms with van der Waals surface area (Å²) in [7, 11) is -1.20. The highest BCUT2D eigenvalue weighted by atomic mass is 32.2. The van der Waals surface area contributed by atoms with Gasteiger partial charge in [0.1, 0.15) is 17.3 Å². The fraction of sp³-hybridized carbons (Fsp3) is 0.0909. The number of hydrogen-bond donors (Lipinski definition) is 2. The van der Waals surface area contributed by atoms with Crippen LogP contribution < -0.4 is 19.5 Å². The van der Waals surface area contributed by atoms with Gasteiger partial charge < -0.3 is 14.8 Å². The molecular formula is C22H19FN2O6S. The number of amides is 1. The van der Waals surface area contributed by atoms with E-state index in [1.54, 1.807) is 24.3 Å². The topological polar surface area (TPSA) is 111 Å². The summed E-state index contributed by atoms with van der Waals surface area (Å²) in [5.41, 5.74) is 0.237. The molecule has 3 aromatic carbocycles. The molecule has 3 aromatic rings. The summed E-state index contributed by atoms with van der Waals surface area (Å²) in [6.45, 7) is 0. The lowest BCUT2D eigenvalue weighted by Gasteiger charge is -2.10. The van der Waals surface area contributed by atoms with E-state index in [4.69, 9.17) is 9.47 Å². The van der Waals surface area contributed by atoms with E-state index in [0.29, 0.717) is 17.0 Å². The minimum absolute atomic E-state index is 0.0755. The highest BCUT2D eigenvalue weighted by Crippen LogP contribution is 2.22. The number of esters is 1. The Morgan fingerprint density at radius 1 is 0.938 bits per heavy atom. The van der Waals surface area contributed by atoms with Gasteiger partial charge in [-0.25, -0.2) is 22.3 Å². The molecule has 0 unspecified atom stereocenters. The van der Waals surface area contributed by atoms with Gasteiger partial charge in [-0.05, 0) is 61.6 Å². The number of methoxy groups -OCH3 is 1. The number of sulfonamides is 1. The van der Waals surface area contributed by atoms with Crippen molar-refractivity contribution < 1.29 is 31.9 Å². The molecular weight excluding hydrogens is 439 g/mol. The summed E-state index contributed by atoms with van der Waals surface area (Å²) in [5.74, 6) is -1.89. The van der Waals surface area contributed by atoms with Crippen LogP contribution in [0.1, 0.15) is 20.7 Å². The van der Waals surface area contributed by atoms with Crippen molar-refractivity contribution >= 4 is 27.6 Å². The van der Waals surface area contributed by atoms with Crippen molar-refractivity contribution in [3.05, 3.63) is 83.7 Å². The molecule has 0 heterocycles. The molecule has 0 radical (unpaired) electrons. The molecule has 0 saturated heterocycles. The van der Waals surface area contributed by atoms with Crippen molar-refractivity contribution in [3.8, 4) is 11.5 Å². The van der Waals surface area contributed by atoms with Crippen LogP contribution in [-0.4, -0.2) is 34.5 Å². The number of ether oxygens (including phenoxy) is 2. The fourth-order valence-corrected chi connectivity index (χ4v) is 3.50. The monoisotopic (exact) mass is 458 g/mol. The van der Waals surface area contributed by atoms with Crippen LogP contribution in [0.3, 0.4) is 0 Å². The number of halogens is 1. The first-order valence-electron chi connectivity index (χ1n) is 9.25. The van der Waals surface area contributed by atoms with Crippen molar-refractivity contribution in [2.75, 3.05) is 19.5 Å². The second-order valence-electron chi connectivity index (χ2n) is 6.42. The average molecular weight is 458 g/mol. The van der Waals surface area contributed by atoms with E-state index in [0.717, 1.165) is 18.2 Å². The summed E-state index contributed by atoms with van der Waals surface area (Å²) in [6, 6.07) is 15.3. The van der Waals surface area contributed by atoms with Crippen LogP contribution in [0.2, 0.25) is 0 Å². The number of benzene rings is 3. The molecule has 0 aliphatic carbocycles. The predicted molar refractivity (Wildman–Crippen MR) is 115 cm³/mol. The third-order valence-corrected chi connectivity index (χ3v) is 5.82. The van der Waals surface area contributed by atoms with Crippen molar-refractivity contribution in [1.82, 2.24) is 4.72 Å². The molecule has 0 bridgehead atoms. The van der Waals surface area contributed by atoms with Crippen molar-refractivity contribution in [2.45, 2.75) is 4.90 Å². The van der Waals surface area contributed by atoms with Crippen LogP contribution in [0.4, 0.5) is 10.1 Å². The molecule has 0 aliphatic heterocycles. The Kier molecular flexibility index (Phi) is 6.86. The molecule has 8 nitrogen and oxygen atoms in total. The minimum Gasteiger partial charge on any atom is -0.496 e. The summed E-state index contributed by atoms with van der Waals surface area (Å²) >= 11 is 0. The Balaban J connectivity index is 1.73. The van der Waals surface area contributed by atoms with Crippen LogP contribution in [0.5, 0.6) is 11.5 Å². The number of rotatable bonds is 7. The standard InChI is InChI=1S/C22H19FN2O6S/c1-24-32(28,29)16-11-12-19(23)18(13-16)22(27)31-15-9-7-14(8-10-15)25-21(26)17-5-3-4-6-20(17)30-2/h3-13,24H,1-2H3,(H,25,26). The highest BCUT2D eigenvalue weighted by Gasteiger charge is 2.20. The van der Waals surface area contributed by atoms with Gasteiger partial charge in [-0.1, -0.05) is 12.1 Å². The van der Waals surface area contributed by atoms with Crippen LogP contribution in [-0.2, 0) is 10.0 Å². The Bertz CT molecular complexity index is 1260. The van der Waals surface area contributed by atoms with E-state index < -0.39 is 33.3 Å². The number of carbonyl (C=O) groups is 2. The zero-order valence-electron chi connectivity index (χ0n) is 17.1. The predicted octanol–water partition coefficient (Wildman–Crippen LogP) is 3.21. The fourth-order valence-electron chi connectivity index (χ4n) is 2.74. The molecule has 0 fully saturated rings. The van der Waals surface area contributed by atoms with Gasteiger partial charge in [-0.2, -0.15) is 0 Å². The molecule has 1 amide bonds. The van der Waals surface area contributed by atoms with Gasteiger partial charge in [0.2, 0.25) is 10.0 Å². The van der Waals surface area contributed by atoms with Gasteiger partial charge >= 0.3 is 5.97 Å². The number of nitrogens with one attached hydrogen (secondary N) is 2. The average Bonchev–Trinajstić information content (AvgIpc) is 2.80. The van der Waals surface area contributed by atoms with E-state index in [2.05, 4.69) is 10.0 Å². The lowest BCUT2D eigenvalue weighted by Crippen LogP contribution is -2.20. The van der Waals surface area contributed by atoms with Gasteiger partial charge in [0, 0.05) is 5.69 Å². The van der Waals surface area contributed by atoms with E-state index in [-0.39, 0.29) is 10.6 Å². The molecule has 2 N–H and O–H groups in total. The maximum atomic E-state index is 14.1. The summed E-state index contributed by atoms with van der Waals surface area (Å²) in [4.78, 5) is 24.5. The number of para-hydroxylation sites is 1. The first-order valence-corrected chi connectivity index (χ1v) is 10.7. The third-order valence-electron chi connectivity index (χ3n) is 4.41. The molecule has 0 aromatic heterocycles. The second-order valence-corrected chi connectivity index (χ2v) is 8.30. The number of hydrogen-bond acceptors (Lipinski definition) is 6. The molecule has 3 rings (SSSR count). The van der Waals surface area contributed by atoms with Gasteiger partial charge in [-0.15, -0.1) is 0 Å². The van der Waals surface area contributed by atoms with Crippen LogP contribution in [0.25, 0.3) is 0 Å². The quantitative estimate of drug-likeness (QED) is 0.416. The normalized spacial score (nSPS) is 11.0. The molecule has 0 aliphatic rings. The lowest BCUT2D eigenvalue weighted by atomic mass is 10.2. The lowest BCUT2D eigenvalue weighted by molar-refractivity contribution is 0.0729. The zero-order valence-corrected chi connectivity index (χ0v) is 17.9. The minimum atomic E-state index is -3.86. The molecule has 0 atom stereocenters. The van der Waals surface area contributed by atoms with Gasteiger partial charge in [0.15, 0.2) is 0 Å². The third kappa shape index (κ3) is 5.10. The smallest absolute Gasteiger partial charge is 0.346 e. The van der Waals surface area contributed by atoms with E-state index in [1.165, 1.54) is 38.4 Å². The summed E-state index contributed by atoms with van der Waals surface area (Å²) < 4.78 is 50.2. The molecule has 0 saturated carbocycles. The number of anilines is 1. The maximum Gasteiger partial charge on any atom is 0.346 e. The van der Waals surface area contributed by atoms with Crippen molar-refractivity contribution in [2.24, 2.45) is 0 Å². The zero-order chi connectivity index (χ0) is 23.3. The highest BCUT2D eigenvalue weighted by molar-refractivity contribution is 7.89. The van der Waals surface area contributed by atoms with Crippen molar-refractivity contribution in [3.63, 3.8) is 0 Å². The van der Waals surface area contributed by atoms with Crippen molar-refractivity contribution in [1.29, 1.82) is 0 Å². The SMILES string of the molecule is CNS(=O)(=O)c1ccc(F)c(C(=O)Oc2ccc(NC(=O)c3ccccc3OC)cc2)c1. The summed E-state index contributed by atoms with van der Waals surface area (Å²) in [6.07, 6.45) is 0.